The highest BCUT2D eigenvalue weighted by Crippen LogP contribution is 2.18. The van der Waals surface area contributed by atoms with Crippen LogP contribution in [0.1, 0.15) is 0 Å². The molecule has 9 heavy (non-hydrogen) atoms. The van der Waals surface area contributed by atoms with Gasteiger partial charge in [0.1, 0.15) is 0 Å². The van der Waals surface area contributed by atoms with Gasteiger partial charge in [0.05, 0.1) is 0 Å². The zero-order valence-electron chi connectivity index (χ0n) is 4.05. The van der Waals surface area contributed by atoms with E-state index in [2.05, 4.69) is 5.73 Å². The lowest BCUT2D eigenvalue weighted by molar-refractivity contribution is -0.128. The van der Waals surface area contributed by atoms with Crippen molar-refractivity contribution in [1.29, 1.82) is 0 Å². The summed E-state index contributed by atoms with van der Waals surface area (Å²) >= 11 is 0. The molecule has 0 aromatic rings. The highest BCUT2D eigenvalue weighted by atomic mass is 32.2. The normalized spacial score (nSPS) is 16.1. The summed E-state index contributed by atoms with van der Waals surface area (Å²) in [6.07, 6.45) is -4.84. The molecular formula is C2H4F3NO2S. The molecule has 0 bridgehead atoms. The number of hydrogen-bond donors (Lipinski definition) is 2. The molecule has 0 aliphatic carbocycles. The van der Waals surface area contributed by atoms with E-state index in [-0.39, 0.29) is 0 Å². The quantitative estimate of drug-likeness (QED) is 0.509. The van der Waals surface area contributed by atoms with Crippen molar-refractivity contribution in [2.75, 3.05) is 0 Å². The van der Waals surface area contributed by atoms with Crippen molar-refractivity contribution in [2.24, 2.45) is 5.73 Å². The molecule has 0 spiro atoms. The van der Waals surface area contributed by atoms with Gasteiger partial charge in [-0.25, -0.2) is 8.42 Å². The first-order valence-corrected chi connectivity index (χ1v) is 3.06. The van der Waals surface area contributed by atoms with Crippen LogP contribution in [0.4, 0.5) is 13.2 Å². The molecule has 0 saturated heterocycles. The van der Waals surface area contributed by atoms with E-state index in [1.54, 1.807) is 0 Å². The Morgan fingerprint density at radius 3 is 1.67 bits per heavy atom. The van der Waals surface area contributed by atoms with Crippen LogP contribution in [0.5, 0.6) is 0 Å². The van der Waals surface area contributed by atoms with Crippen molar-refractivity contribution >= 4 is 10.7 Å². The summed E-state index contributed by atoms with van der Waals surface area (Å²) in [6, 6.07) is 0. The standard InChI is InChI=1S/C2H4F3NO2S/c3-2(4,5)1(6)9(7)8/h1,9H,6H2. The number of nitrogens with two attached hydrogens (primary N) is 1. The van der Waals surface area contributed by atoms with Gasteiger partial charge >= 0.3 is 6.18 Å². The molecule has 0 amide bonds. The lowest BCUT2D eigenvalue weighted by Crippen LogP contribution is -2.38. The summed E-state index contributed by atoms with van der Waals surface area (Å²) in [5.74, 6) is 0. The van der Waals surface area contributed by atoms with Gasteiger partial charge in [0.25, 0.3) is 0 Å². The van der Waals surface area contributed by atoms with Crippen molar-refractivity contribution in [3.63, 3.8) is 0 Å². The van der Waals surface area contributed by atoms with Crippen molar-refractivity contribution in [1.82, 2.24) is 0 Å². The summed E-state index contributed by atoms with van der Waals surface area (Å²) in [7, 11) is -3.60. The second-order valence-electron chi connectivity index (χ2n) is 1.27. The van der Waals surface area contributed by atoms with E-state index in [9.17, 15) is 21.6 Å². The Balaban J connectivity index is 4.22. The van der Waals surface area contributed by atoms with Crippen LogP contribution in [0.2, 0.25) is 0 Å². The topological polar surface area (TPSA) is 60.2 Å². The van der Waals surface area contributed by atoms with Crippen molar-refractivity contribution < 1.29 is 21.6 Å². The number of alkyl halides is 3. The molecule has 0 aliphatic rings. The maximum atomic E-state index is 11.2. The van der Waals surface area contributed by atoms with E-state index in [0.29, 0.717) is 0 Å². The second kappa shape index (κ2) is 2.53. The van der Waals surface area contributed by atoms with Crippen LogP contribution in [0.15, 0.2) is 0 Å². The molecule has 3 nitrogen and oxygen atoms in total. The fourth-order valence-corrected chi connectivity index (χ4v) is 0.359. The maximum Gasteiger partial charge on any atom is 0.417 e. The predicted octanol–water partition coefficient (Wildman–Crippen LogP) is -0.555. The lowest BCUT2D eigenvalue weighted by Gasteiger charge is -2.07. The number of thiol groups is 1. The Labute approximate surface area is 50.6 Å². The molecule has 0 radical (unpaired) electrons. The minimum Gasteiger partial charge on any atom is -0.308 e. The van der Waals surface area contributed by atoms with Gasteiger partial charge < -0.3 is 5.73 Å². The van der Waals surface area contributed by atoms with Gasteiger partial charge in [0.15, 0.2) is 10.7 Å². The fraction of sp³-hybridized carbons (Fsp3) is 1.00. The highest BCUT2D eigenvalue weighted by Gasteiger charge is 2.39. The summed E-state index contributed by atoms with van der Waals surface area (Å²) in [5.41, 5.74) is 4.17. The van der Waals surface area contributed by atoms with Crippen LogP contribution in [-0.4, -0.2) is 20.0 Å². The van der Waals surface area contributed by atoms with E-state index in [1.807, 2.05) is 0 Å². The van der Waals surface area contributed by atoms with E-state index >= 15 is 0 Å². The Bertz CT molecular complexity index is 154. The SMILES string of the molecule is NC([SH](=O)=O)C(F)(F)F. The first kappa shape index (κ1) is 8.70. The first-order valence-electron chi connectivity index (χ1n) is 1.81. The Hall–Kier alpha value is -0.300. The van der Waals surface area contributed by atoms with Crippen LogP contribution < -0.4 is 5.73 Å². The molecular weight excluding hydrogens is 159 g/mol. The summed E-state index contributed by atoms with van der Waals surface area (Å²) in [4.78, 5) is 0. The minimum atomic E-state index is -4.84. The third-order valence-corrected chi connectivity index (χ3v) is 1.31. The van der Waals surface area contributed by atoms with Crippen molar-refractivity contribution in [3.05, 3.63) is 0 Å². The van der Waals surface area contributed by atoms with Gasteiger partial charge in [-0.3, -0.25) is 0 Å². The summed E-state index contributed by atoms with van der Waals surface area (Å²) in [5, 5.41) is -2.73. The monoisotopic (exact) mass is 163 g/mol. The fourth-order valence-electron chi connectivity index (χ4n) is 0.120. The average molecular weight is 163 g/mol. The molecule has 7 heteroatoms. The van der Waals surface area contributed by atoms with Crippen molar-refractivity contribution in [3.8, 4) is 0 Å². The molecule has 1 unspecified atom stereocenters. The molecule has 0 aromatic heterocycles. The minimum absolute atomic E-state index is 2.73. The van der Waals surface area contributed by atoms with Crippen LogP contribution in [-0.2, 0) is 10.7 Å². The van der Waals surface area contributed by atoms with Gasteiger partial charge in [-0.1, -0.05) is 0 Å². The van der Waals surface area contributed by atoms with Gasteiger partial charge in [-0.2, -0.15) is 13.2 Å². The van der Waals surface area contributed by atoms with E-state index in [0.717, 1.165) is 0 Å². The molecule has 0 saturated carbocycles. The van der Waals surface area contributed by atoms with E-state index in [1.165, 1.54) is 0 Å². The third-order valence-electron chi connectivity index (χ3n) is 0.562. The Morgan fingerprint density at radius 1 is 1.33 bits per heavy atom. The third kappa shape index (κ3) is 2.66. The summed E-state index contributed by atoms with van der Waals surface area (Å²) in [6.45, 7) is 0. The molecule has 1 atom stereocenters. The molecule has 2 N–H and O–H groups in total. The molecule has 0 heterocycles. The van der Waals surface area contributed by atoms with Gasteiger partial charge in [-0.05, 0) is 0 Å². The molecule has 0 aromatic carbocycles. The largest absolute Gasteiger partial charge is 0.417 e. The first-order chi connectivity index (χ1) is 3.85. The van der Waals surface area contributed by atoms with Crippen LogP contribution in [0.25, 0.3) is 0 Å². The smallest absolute Gasteiger partial charge is 0.308 e. The summed E-state index contributed by atoms with van der Waals surface area (Å²) < 4.78 is 52.6. The zero-order valence-corrected chi connectivity index (χ0v) is 4.95. The van der Waals surface area contributed by atoms with Gasteiger partial charge in [0.2, 0.25) is 5.37 Å². The number of halogens is 3. The van der Waals surface area contributed by atoms with Crippen LogP contribution in [0.3, 0.4) is 0 Å². The lowest BCUT2D eigenvalue weighted by atomic mass is 10.7. The highest BCUT2D eigenvalue weighted by molar-refractivity contribution is 7.73. The molecule has 0 fully saturated rings. The van der Waals surface area contributed by atoms with Crippen LogP contribution in [0, 0.1) is 0 Å². The molecule has 0 rings (SSSR count). The predicted molar refractivity (Wildman–Crippen MR) is 24.3 cm³/mol. The van der Waals surface area contributed by atoms with Crippen LogP contribution >= 0.6 is 0 Å². The maximum absolute atomic E-state index is 11.2. The van der Waals surface area contributed by atoms with Gasteiger partial charge in [0, 0.05) is 0 Å². The van der Waals surface area contributed by atoms with E-state index < -0.39 is 22.3 Å². The Kier molecular flexibility index (Phi) is 2.44. The molecule has 56 valence electrons. The number of hydrogen-bond acceptors (Lipinski definition) is 3. The molecule has 0 aliphatic heterocycles. The van der Waals surface area contributed by atoms with Gasteiger partial charge in [-0.15, -0.1) is 0 Å². The van der Waals surface area contributed by atoms with Crippen molar-refractivity contribution in [2.45, 2.75) is 11.6 Å². The van der Waals surface area contributed by atoms with E-state index in [4.69, 9.17) is 0 Å². The Morgan fingerprint density at radius 2 is 1.67 bits per heavy atom. The average Bonchev–Trinajstić information content (AvgIpc) is 1.62. The zero-order chi connectivity index (χ0) is 7.65. The second-order valence-corrected chi connectivity index (χ2v) is 2.40. The number of rotatable bonds is 1.